The molecule has 0 N–H and O–H groups in total. The van der Waals surface area contributed by atoms with Gasteiger partial charge in [-0.3, -0.25) is 4.79 Å². The van der Waals surface area contributed by atoms with E-state index in [4.69, 9.17) is 14.2 Å². The van der Waals surface area contributed by atoms with E-state index in [1.807, 2.05) is 13.8 Å². The summed E-state index contributed by atoms with van der Waals surface area (Å²) in [6, 6.07) is 0. The zero-order valence-corrected chi connectivity index (χ0v) is 9.04. The molecule has 1 atom stereocenters. The van der Waals surface area contributed by atoms with Gasteiger partial charge in [-0.2, -0.15) is 0 Å². The highest BCUT2D eigenvalue weighted by Crippen LogP contribution is 2.15. The molecule has 1 rings (SSSR count). The van der Waals surface area contributed by atoms with Crippen LogP contribution in [0.2, 0.25) is 0 Å². The Labute approximate surface area is 84.5 Å². The van der Waals surface area contributed by atoms with Crippen LogP contribution in [-0.4, -0.2) is 37.5 Å². The molecule has 82 valence electrons. The molecule has 0 aromatic carbocycles. The van der Waals surface area contributed by atoms with E-state index in [1.165, 1.54) is 6.92 Å². The van der Waals surface area contributed by atoms with E-state index in [2.05, 4.69) is 0 Å². The topological polar surface area (TPSA) is 48.1 Å². The quantitative estimate of drug-likeness (QED) is 0.368. The van der Waals surface area contributed by atoms with Crippen LogP contribution in [0, 0.1) is 0 Å². The van der Waals surface area contributed by atoms with E-state index in [-0.39, 0.29) is 5.97 Å². The van der Waals surface area contributed by atoms with Crippen molar-refractivity contribution in [3.8, 4) is 0 Å². The predicted octanol–water partition coefficient (Wildman–Crippen LogP) is 1.13. The lowest BCUT2D eigenvalue weighted by Crippen LogP contribution is -2.28. The van der Waals surface area contributed by atoms with Crippen molar-refractivity contribution in [3.05, 3.63) is 0 Å². The lowest BCUT2D eigenvalue weighted by Gasteiger charge is -2.24. The molecule has 1 heterocycles. The highest BCUT2D eigenvalue weighted by atomic mass is 16.6. The van der Waals surface area contributed by atoms with Crippen molar-refractivity contribution in [1.29, 1.82) is 0 Å². The van der Waals surface area contributed by atoms with Gasteiger partial charge in [-0.1, -0.05) is 0 Å². The first kappa shape index (κ1) is 11.5. The number of carbonyl (C=O) groups is 1. The third-order valence-electron chi connectivity index (χ3n) is 1.97. The summed E-state index contributed by atoms with van der Waals surface area (Å²) in [4.78, 5) is 10.7. The Bertz CT molecular complexity index is 196. The average Bonchev–Trinajstić information content (AvgIpc) is 2.78. The van der Waals surface area contributed by atoms with Gasteiger partial charge in [0.2, 0.25) is 0 Å². The largest absolute Gasteiger partial charge is 0.460 e. The Balaban J connectivity index is 2.04. The molecule has 1 fully saturated rings. The molecule has 0 amide bonds. The molecule has 0 spiro atoms. The summed E-state index contributed by atoms with van der Waals surface area (Å²) >= 11 is 0. The smallest absolute Gasteiger partial charge is 0.303 e. The Morgan fingerprint density at radius 2 is 2.21 bits per heavy atom. The van der Waals surface area contributed by atoms with Crippen molar-refractivity contribution in [1.82, 2.24) is 0 Å². The van der Waals surface area contributed by atoms with E-state index in [0.29, 0.717) is 25.7 Å². The molecular weight excluding hydrogens is 184 g/mol. The standard InChI is InChI=1S/C10H18O4/c1-8(11)14-10(2,3)4-5-12-6-9-7-13-9/h9H,4-7H2,1-3H3. The molecule has 4 heteroatoms. The van der Waals surface area contributed by atoms with Crippen LogP contribution in [0.1, 0.15) is 27.2 Å². The van der Waals surface area contributed by atoms with Crippen molar-refractivity contribution >= 4 is 5.97 Å². The van der Waals surface area contributed by atoms with Crippen molar-refractivity contribution in [2.24, 2.45) is 0 Å². The van der Waals surface area contributed by atoms with Gasteiger partial charge in [-0.05, 0) is 13.8 Å². The SMILES string of the molecule is CC(=O)OC(C)(C)CCOCC1CO1. The molecule has 0 aliphatic carbocycles. The van der Waals surface area contributed by atoms with Gasteiger partial charge in [-0.15, -0.1) is 0 Å². The minimum atomic E-state index is -0.434. The molecule has 0 radical (unpaired) electrons. The summed E-state index contributed by atoms with van der Waals surface area (Å²) in [7, 11) is 0. The van der Waals surface area contributed by atoms with Gasteiger partial charge >= 0.3 is 5.97 Å². The first-order chi connectivity index (χ1) is 6.49. The van der Waals surface area contributed by atoms with Crippen molar-refractivity contribution in [2.45, 2.75) is 38.9 Å². The summed E-state index contributed by atoms with van der Waals surface area (Å²) in [6.07, 6.45) is 1.01. The minimum absolute atomic E-state index is 0.250. The van der Waals surface area contributed by atoms with Crippen LogP contribution in [0.4, 0.5) is 0 Å². The van der Waals surface area contributed by atoms with E-state index < -0.39 is 5.60 Å². The van der Waals surface area contributed by atoms with E-state index in [9.17, 15) is 4.79 Å². The van der Waals surface area contributed by atoms with Gasteiger partial charge in [0, 0.05) is 13.3 Å². The lowest BCUT2D eigenvalue weighted by molar-refractivity contribution is -0.155. The molecule has 0 saturated carbocycles. The van der Waals surface area contributed by atoms with Crippen molar-refractivity contribution < 1.29 is 19.0 Å². The second-order valence-corrected chi connectivity index (χ2v) is 4.13. The maximum atomic E-state index is 10.7. The number of ether oxygens (including phenoxy) is 3. The summed E-state index contributed by atoms with van der Waals surface area (Å²) in [5.74, 6) is -0.250. The molecule has 1 aliphatic rings. The number of hydrogen-bond donors (Lipinski definition) is 0. The molecule has 0 bridgehead atoms. The zero-order chi connectivity index (χ0) is 10.6. The number of carbonyl (C=O) groups excluding carboxylic acids is 1. The van der Waals surface area contributed by atoms with Crippen LogP contribution >= 0.6 is 0 Å². The maximum Gasteiger partial charge on any atom is 0.303 e. The molecule has 0 aromatic rings. The first-order valence-electron chi connectivity index (χ1n) is 4.88. The second-order valence-electron chi connectivity index (χ2n) is 4.13. The molecule has 0 aromatic heterocycles. The molecule has 1 saturated heterocycles. The van der Waals surface area contributed by atoms with Crippen LogP contribution in [0.5, 0.6) is 0 Å². The summed E-state index contributed by atoms with van der Waals surface area (Å²) in [5, 5.41) is 0. The van der Waals surface area contributed by atoms with Gasteiger partial charge in [-0.25, -0.2) is 0 Å². The summed E-state index contributed by atoms with van der Waals surface area (Å²) < 4.78 is 15.5. The highest BCUT2D eigenvalue weighted by Gasteiger charge is 2.24. The first-order valence-corrected chi connectivity index (χ1v) is 4.88. The van der Waals surface area contributed by atoms with Gasteiger partial charge in [0.15, 0.2) is 0 Å². The van der Waals surface area contributed by atoms with E-state index in [1.54, 1.807) is 0 Å². The van der Waals surface area contributed by atoms with Gasteiger partial charge in [0.1, 0.15) is 11.7 Å². The third-order valence-corrected chi connectivity index (χ3v) is 1.97. The fourth-order valence-corrected chi connectivity index (χ4v) is 1.14. The summed E-state index contributed by atoms with van der Waals surface area (Å²) in [5.41, 5.74) is -0.434. The Morgan fingerprint density at radius 1 is 1.57 bits per heavy atom. The normalized spacial score (nSPS) is 20.6. The molecular formula is C10H18O4. The minimum Gasteiger partial charge on any atom is -0.460 e. The van der Waals surface area contributed by atoms with Crippen molar-refractivity contribution in [2.75, 3.05) is 19.8 Å². The fourth-order valence-electron chi connectivity index (χ4n) is 1.14. The Kier molecular flexibility index (Phi) is 3.89. The molecule has 4 nitrogen and oxygen atoms in total. The van der Waals surface area contributed by atoms with Crippen LogP contribution in [0.25, 0.3) is 0 Å². The van der Waals surface area contributed by atoms with Crippen molar-refractivity contribution in [3.63, 3.8) is 0 Å². The highest BCUT2D eigenvalue weighted by molar-refractivity contribution is 5.66. The van der Waals surface area contributed by atoms with Gasteiger partial charge in [0.25, 0.3) is 0 Å². The number of hydrogen-bond acceptors (Lipinski definition) is 4. The van der Waals surface area contributed by atoms with Gasteiger partial charge in [0.05, 0.1) is 19.8 Å². The number of esters is 1. The predicted molar refractivity (Wildman–Crippen MR) is 51.0 cm³/mol. The Hall–Kier alpha value is -0.610. The maximum absolute atomic E-state index is 10.7. The molecule has 14 heavy (non-hydrogen) atoms. The fraction of sp³-hybridized carbons (Fsp3) is 0.900. The molecule has 1 aliphatic heterocycles. The third kappa shape index (κ3) is 5.19. The summed E-state index contributed by atoms with van der Waals surface area (Å²) in [6.45, 7) is 7.24. The van der Waals surface area contributed by atoms with Crippen LogP contribution in [0.3, 0.4) is 0 Å². The van der Waals surface area contributed by atoms with Crippen LogP contribution in [-0.2, 0) is 19.0 Å². The molecule has 1 unspecified atom stereocenters. The van der Waals surface area contributed by atoms with Crippen LogP contribution in [0.15, 0.2) is 0 Å². The second kappa shape index (κ2) is 4.75. The zero-order valence-electron chi connectivity index (χ0n) is 9.04. The monoisotopic (exact) mass is 202 g/mol. The van der Waals surface area contributed by atoms with E-state index in [0.717, 1.165) is 6.61 Å². The number of rotatable bonds is 6. The van der Waals surface area contributed by atoms with Gasteiger partial charge < -0.3 is 14.2 Å². The average molecular weight is 202 g/mol. The van der Waals surface area contributed by atoms with E-state index >= 15 is 0 Å². The lowest BCUT2D eigenvalue weighted by atomic mass is 10.1. The number of epoxide rings is 1. The Morgan fingerprint density at radius 3 is 2.71 bits per heavy atom. The van der Waals surface area contributed by atoms with Crippen LogP contribution < -0.4 is 0 Å².